The van der Waals surface area contributed by atoms with Gasteiger partial charge in [0.2, 0.25) is 0 Å². The molecule has 13 heavy (non-hydrogen) atoms. The van der Waals surface area contributed by atoms with E-state index >= 15 is 0 Å². The van der Waals surface area contributed by atoms with Crippen molar-refractivity contribution in [3.63, 3.8) is 0 Å². The highest BCUT2D eigenvalue weighted by molar-refractivity contribution is 5.00. The molecular formula is C10H14N2O. The van der Waals surface area contributed by atoms with Gasteiger partial charge in [0.1, 0.15) is 0 Å². The molecule has 2 rings (SSSR count). The number of aromatic nitrogens is 2. The Bertz CT molecular complexity index is 244. The molecular weight excluding hydrogens is 164 g/mol. The van der Waals surface area contributed by atoms with Crippen LogP contribution in [0, 0.1) is 0 Å². The van der Waals surface area contributed by atoms with E-state index in [-0.39, 0.29) is 0 Å². The number of rotatable bonds is 2. The quantitative estimate of drug-likeness (QED) is 0.689. The van der Waals surface area contributed by atoms with Gasteiger partial charge in [0, 0.05) is 19.2 Å². The van der Waals surface area contributed by atoms with Gasteiger partial charge >= 0.3 is 0 Å². The Kier molecular flexibility index (Phi) is 2.87. The molecule has 70 valence electrons. The van der Waals surface area contributed by atoms with Gasteiger partial charge in [-0.15, -0.1) is 0 Å². The number of ether oxygens (including phenoxy) is 1. The van der Waals surface area contributed by atoms with Crippen molar-refractivity contribution in [2.45, 2.75) is 31.8 Å². The van der Waals surface area contributed by atoms with Crippen molar-refractivity contribution in [3.05, 3.63) is 24.0 Å². The molecule has 1 atom stereocenters. The van der Waals surface area contributed by atoms with Crippen molar-refractivity contribution in [3.8, 4) is 0 Å². The van der Waals surface area contributed by atoms with Crippen LogP contribution in [0.15, 0.2) is 18.3 Å². The Morgan fingerprint density at radius 2 is 2.46 bits per heavy atom. The highest BCUT2D eigenvalue weighted by Crippen LogP contribution is 2.15. The molecule has 1 unspecified atom stereocenters. The van der Waals surface area contributed by atoms with Gasteiger partial charge in [0.25, 0.3) is 0 Å². The van der Waals surface area contributed by atoms with Gasteiger partial charge in [-0.3, -0.25) is 0 Å². The molecule has 1 aliphatic heterocycles. The number of hydrogen-bond donors (Lipinski definition) is 0. The average molecular weight is 178 g/mol. The Labute approximate surface area is 78.1 Å². The van der Waals surface area contributed by atoms with E-state index in [0.29, 0.717) is 6.10 Å². The zero-order valence-electron chi connectivity index (χ0n) is 7.65. The van der Waals surface area contributed by atoms with Crippen molar-refractivity contribution in [1.82, 2.24) is 10.2 Å². The predicted octanol–water partition coefficient (Wildman–Crippen LogP) is 1.59. The Hall–Kier alpha value is -0.960. The van der Waals surface area contributed by atoms with Gasteiger partial charge in [-0.05, 0) is 31.4 Å². The molecule has 1 fully saturated rings. The van der Waals surface area contributed by atoms with E-state index in [1.54, 1.807) is 6.20 Å². The fourth-order valence-electron chi connectivity index (χ4n) is 1.64. The van der Waals surface area contributed by atoms with Crippen LogP contribution in [0.5, 0.6) is 0 Å². The minimum Gasteiger partial charge on any atom is -0.378 e. The van der Waals surface area contributed by atoms with Gasteiger partial charge in [-0.25, -0.2) is 0 Å². The van der Waals surface area contributed by atoms with Crippen LogP contribution >= 0.6 is 0 Å². The lowest BCUT2D eigenvalue weighted by Gasteiger charge is -2.21. The molecule has 1 aromatic rings. The maximum absolute atomic E-state index is 5.61. The first-order valence-corrected chi connectivity index (χ1v) is 4.83. The smallest absolute Gasteiger partial charge is 0.0656 e. The van der Waals surface area contributed by atoms with Gasteiger partial charge in [0.15, 0.2) is 0 Å². The maximum atomic E-state index is 5.61. The fourth-order valence-corrected chi connectivity index (χ4v) is 1.64. The lowest BCUT2D eigenvalue weighted by Crippen LogP contribution is -2.21. The summed E-state index contributed by atoms with van der Waals surface area (Å²) in [6.45, 7) is 0.908. The van der Waals surface area contributed by atoms with Gasteiger partial charge in [0.05, 0.1) is 11.8 Å². The first kappa shape index (κ1) is 8.63. The molecule has 3 heteroatoms. The lowest BCUT2D eigenvalue weighted by atomic mass is 10.0. The normalized spacial score (nSPS) is 22.9. The molecule has 0 aromatic carbocycles. The minimum absolute atomic E-state index is 0.366. The zero-order chi connectivity index (χ0) is 8.93. The van der Waals surface area contributed by atoms with Crippen molar-refractivity contribution in [2.24, 2.45) is 0 Å². The van der Waals surface area contributed by atoms with E-state index in [9.17, 15) is 0 Å². The number of hydrogen-bond acceptors (Lipinski definition) is 3. The molecule has 0 saturated carbocycles. The Morgan fingerprint density at radius 1 is 1.46 bits per heavy atom. The molecule has 0 aliphatic carbocycles. The van der Waals surface area contributed by atoms with Crippen molar-refractivity contribution in [2.75, 3.05) is 6.61 Å². The standard InChI is InChI=1S/C10H14N2O/c1-2-7-13-10(5-1)8-9-4-3-6-11-12-9/h3-4,6,10H,1-2,5,7-8H2. The van der Waals surface area contributed by atoms with E-state index in [1.165, 1.54) is 12.8 Å². The summed E-state index contributed by atoms with van der Waals surface area (Å²) in [6.07, 6.45) is 6.63. The lowest BCUT2D eigenvalue weighted by molar-refractivity contribution is 0.0161. The largest absolute Gasteiger partial charge is 0.378 e. The van der Waals surface area contributed by atoms with E-state index in [0.717, 1.165) is 25.1 Å². The van der Waals surface area contributed by atoms with Gasteiger partial charge < -0.3 is 4.74 Å². The molecule has 0 radical (unpaired) electrons. The third kappa shape index (κ3) is 2.49. The monoisotopic (exact) mass is 178 g/mol. The molecule has 1 saturated heterocycles. The second kappa shape index (κ2) is 4.33. The molecule has 0 spiro atoms. The number of nitrogens with zero attached hydrogens (tertiary/aromatic N) is 2. The van der Waals surface area contributed by atoms with Crippen molar-refractivity contribution in [1.29, 1.82) is 0 Å². The van der Waals surface area contributed by atoms with Crippen LogP contribution in [0.4, 0.5) is 0 Å². The van der Waals surface area contributed by atoms with Crippen LogP contribution in [-0.4, -0.2) is 22.9 Å². The summed E-state index contributed by atoms with van der Waals surface area (Å²) in [5.74, 6) is 0. The minimum atomic E-state index is 0.366. The predicted molar refractivity (Wildman–Crippen MR) is 49.3 cm³/mol. The fraction of sp³-hybridized carbons (Fsp3) is 0.600. The summed E-state index contributed by atoms with van der Waals surface area (Å²) in [4.78, 5) is 0. The maximum Gasteiger partial charge on any atom is 0.0656 e. The highest BCUT2D eigenvalue weighted by atomic mass is 16.5. The summed E-state index contributed by atoms with van der Waals surface area (Å²) in [5, 5.41) is 7.89. The summed E-state index contributed by atoms with van der Waals surface area (Å²) >= 11 is 0. The topological polar surface area (TPSA) is 35.0 Å². The van der Waals surface area contributed by atoms with Gasteiger partial charge in [-0.2, -0.15) is 10.2 Å². The summed E-state index contributed by atoms with van der Waals surface area (Å²) < 4.78 is 5.61. The SMILES string of the molecule is c1cnnc(CC2CCCCO2)c1. The highest BCUT2D eigenvalue weighted by Gasteiger charge is 2.14. The summed E-state index contributed by atoms with van der Waals surface area (Å²) in [5.41, 5.74) is 1.04. The molecule has 0 N–H and O–H groups in total. The Morgan fingerprint density at radius 3 is 3.15 bits per heavy atom. The summed E-state index contributed by atoms with van der Waals surface area (Å²) in [7, 11) is 0. The van der Waals surface area contributed by atoms with Crippen molar-refractivity contribution < 1.29 is 4.74 Å². The molecule has 1 aromatic heterocycles. The average Bonchev–Trinajstić information content (AvgIpc) is 2.21. The van der Waals surface area contributed by atoms with Crippen LogP contribution in [0.2, 0.25) is 0 Å². The van der Waals surface area contributed by atoms with Crippen LogP contribution in [0.1, 0.15) is 25.0 Å². The van der Waals surface area contributed by atoms with Crippen LogP contribution in [-0.2, 0) is 11.2 Å². The molecule has 2 heterocycles. The first-order chi connectivity index (χ1) is 6.45. The van der Waals surface area contributed by atoms with E-state index in [1.807, 2.05) is 12.1 Å². The first-order valence-electron chi connectivity index (χ1n) is 4.83. The van der Waals surface area contributed by atoms with Gasteiger partial charge in [-0.1, -0.05) is 0 Å². The third-order valence-corrected chi connectivity index (χ3v) is 2.34. The van der Waals surface area contributed by atoms with Crippen LogP contribution in [0.3, 0.4) is 0 Å². The van der Waals surface area contributed by atoms with E-state index in [2.05, 4.69) is 10.2 Å². The molecule has 1 aliphatic rings. The van der Waals surface area contributed by atoms with Crippen LogP contribution in [0.25, 0.3) is 0 Å². The third-order valence-electron chi connectivity index (χ3n) is 2.34. The van der Waals surface area contributed by atoms with Crippen LogP contribution < -0.4 is 0 Å². The molecule has 0 bridgehead atoms. The van der Waals surface area contributed by atoms with Crippen molar-refractivity contribution >= 4 is 0 Å². The molecule has 3 nitrogen and oxygen atoms in total. The summed E-state index contributed by atoms with van der Waals surface area (Å²) in [6, 6.07) is 3.93. The van der Waals surface area contributed by atoms with E-state index in [4.69, 9.17) is 4.74 Å². The van der Waals surface area contributed by atoms with E-state index < -0.39 is 0 Å². The second-order valence-corrected chi connectivity index (χ2v) is 3.41. The molecule has 0 amide bonds. The zero-order valence-corrected chi connectivity index (χ0v) is 7.65. The second-order valence-electron chi connectivity index (χ2n) is 3.41. The Balaban J connectivity index is 1.90.